The summed E-state index contributed by atoms with van der Waals surface area (Å²) < 4.78 is 5.62. The van der Waals surface area contributed by atoms with E-state index in [2.05, 4.69) is 6.07 Å². The van der Waals surface area contributed by atoms with Gasteiger partial charge in [0.2, 0.25) is 5.91 Å². The van der Waals surface area contributed by atoms with Gasteiger partial charge in [-0.05, 0) is 60.5 Å². The first-order valence-corrected chi connectivity index (χ1v) is 11.2. The van der Waals surface area contributed by atoms with Crippen molar-refractivity contribution in [2.45, 2.75) is 25.5 Å². The van der Waals surface area contributed by atoms with Crippen LogP contribution in [0.3, 0.4) is 0 Å². The molecule has 2 fully saturated rings. The van der Waals surface area contributed by atoms with Gasteiger partial charge < -0.3 is 4.74 Å². The fourth-order valence-electron chi connectivity index (χ4n) is 4.47. The van der Waals surface area contributed by atoms with Crippen LogP contribution in [0.5, 0.6) is 5.75 Å². The average Bonchev–Trinajstić information content (AvgIpc) is 3.39. The number of hydrogen-bond acceptors (Lipinski definition) is 6. The number of amides is 2. The Morgan fingerprint density at radius 3 is 2.26 bits per heavy atom. The summed E-state index contributed by atoms with van der Waals surface area (Å²) in [5.41, 5.74) is 2.55. The number of hydroxylamine groups is 1. The van der Waals surface area contributed by atoms with Gasteiger partial charge in [-0.1, -0.05) is 37.3 Å². The minimum Gasteiger partial charge on any atom is -0.494 e. The first-order valence-electron chi connectivity index (χ1n) is 11.2. The van der Waals surface area contributed by atoms with E-state index >= 15 is 0 Å². The number of hydrogen-bond donors (Lipinski definition) is 0. The van der Waals surface area contributed by atoms with E-state index in [0.29, 0.717) is 23.6 Å². The molecule has 3 aromatic carbocycles. The highest BCUT2D eigenvalue weighted by Gasteiger charge is 2.60. The van der Waals surface area contributed by atoms with Gasteiger partial charge in [-0.25, -0.2) is 9.96 Å². The normalized spacial score (nSPS) is 21.5. The zero-order chi connectivity index (χ0) is 23.7. The van der Waals surface area contributed by atoms with Crippen molar-refractivity contribution in [3.63, 3.8) is 0 Å². The molecule has 0 saturated carbocycles. The molecule has 2 amide bonds. The molecule has 170 valence electrons. The number of para-hydroxylation sites is 1. The van der Waals surface area contributed by atoms with Crippen molar-refractivity contribution in [2.24, 2.45) is 5.92 Å². The van der Waals surface area contributed by atoms with Crippen molar-refractivity contribution in [1.82, 2.24) is 0 Å². The molecule has 7 nitrogen and oxygen atoms in total. The van der Waals surface area contributed by atoms with E-state index in [9.17, 15) is 14.9 Å². The molecule has 0 radical (unpaired) electrons. The highest BCUT2D eigenvalue weighted by atomic mass is 16.7. The summed E-state index contributed by atoms with van der Waals surface area (Å²) in [6, 6.07) is 25.0. The van der Waals surface area contributed by atoms with E-state index in [1.54, 1.807) is 41.5 Å². The maximum atomic E-state index is 13.7. The highest BCUT2D eigenvalue weighted by molar-refractivity contribution is 6.23. The Morgan fingerprint density at radius 1 is 0.912 bits per heavy atom. The number of carbonyl (C=O) groups is 2. The van der Waals surface area contributed by atoms with Crippen molar-refractivity contribution in [3.8, 4) is 11.8 Å². The van der Waals surface area contributed by atoms with Gasteiger partial charge in [0, 0.05) is 0 Å². The lowest BCUT2D eigenvalue weighted by molar-refractivity contribution is -0.126. The Balaban J connectivity index is 1.50. The lowest BCUT2D eigenvalue weighted by Crippen LogP contribution is -2.37. The van der Waals surface area contributed by atoms with Crippen LogP contribution in [0.25, 0.3) is 0 Å². The Bertz CT molecular complexity index is 1240. The molecule has 0 aromatic heterocycles. The molecule has 0 bridgehead atoms. The van der Waals surface area contributed by atoms with Crippen LogP contribution in [0.2, 0.25) is 0 Å². The molecule has 0 spiro atoms. The number of ether oxygens (including phenoxy) is 1. The van der Waals surface area contributed by atoms with Gasteiger partial charge >= 0.3 is 0 Å². The maximum Gasteiger partial charge on any atom is 0.266 e. The molecule has 0 unspecified atom stereocenters. The number of anilines is 2. The predicted molar refractivity (Wildman–Crippen MR) is 126 cm³/mol. The molecule has 34 heavy (non-hydrogen) atoms. The molecular weight excluding hydrogens is 430 g/mol. The SMILES string of the molecule is CCCOc1ccc(N2C(=O)[C@@H]3[C@H](ON(c4ccccc4)[C@@H]3c3ccc(C#N)cc3)C2=O)cc1. The molecule has 0 aliphatic carbocycles. The maximum absolute atomic E-state index is 13.7. The van der Waals surface area contributed by atoms with Crippen LogP contribution in [0.4, 0.5) is 11.4 Å². The number of carbonyl (C=O) groups excluding carboxylic acids is 2. The van der Waals surface area contributed by atoms with E-state index in [1.165, 1.54) is 4.90 Å². The Morgan fingerprint density at radius 2 is 1.62 bits per heavy atom. The Kier molecular flexibility index (Phi) is 5.74. The smallest absolute Gasteiger partial charge is 0.266 e. The fraction of sp³-hybridized carbons (Fsp3) is 0.222. The van der Waals surface area contributed by atoms with Gasteiger partial charge in [0.25, 0.3) is 5.91 Å². The minimum atomic E-state index is -0.940. The van der Waals surface area contributed by atoms with Gasteiger partial charge in [-0.15, -0.1) is 0 Å². The summed E-state index contributed by atoms with van der Waals surface area (Å²) in [5, 5.41) is 10.8. The number of benzene rings is 3. The second kappa shape index (κ2) is 9.00. The molecule has 7 heteroatoms. The zero-order valence-corrected chi connectivity index (χ0v) is 18.6. The topological polar surface area (TPSA) is 82.9 Å². The van der Waals surface area contributed by atoms with Crippen LogP contribution in [0, 0.1) is 17.2 Å². The number of imide groups is 1. The molecule has 2 aliphatic rings. The van der Waals surface area contributed by atoms with Crippen LogP contribution in [0.1, 0.15) is 30.5 Å². The molecule has 2 aliphatic heterocycles. The standard InChI is InChI=1S/C27H23N3O4/c1-2-16-33-22-14-12-20(13-15-22)29-26(31)23-24(19-10-8-18(17-28)9-11-19)30(34-25(23)27(29)32)21-6-4-3-5-7-21/h3-15,23-25H,2,16H2,1H3/t23-,24+,25-/m0/s1. The van der Waals surface area contributed by atoms with Crippen LogP contribution in [0.15, 0.2) is 78.9 Å². The van der Waals surface area contributed by atoms with Gasteiger partial charge in [0.15, 0.2) is 6.10 Å². The summed E-state index contributed by atoms with van der Waals surface area (Å²) in [6.07, 6.45) is -0.0513. The first-order chi connectivity index (χ1) is 16.6. The zero-order valence-electron chi connectivity index (χ0n) is 18.6. The van der Waals surface area contributed by atoms with E-state index in [4.69, 9.17) is 9.57 Å². The van der Waals surface area contributed by atoms with Crippen molar-refractivity contribution < 1.29 is 19.2 Å². The molecule has 3 aromatic rings. The summed E-state index contributed by atoms with van der Waals surface area (Å²) in [5.74, 6) is -0.747. The second-order valence-corrected chi connectivity index (χ2v) is 8.25. The van der Waals surface area contributed by atoms with E-state index < -0.39 is 24.0 Å². The first kappa shape index (κ1) is 21.7. The number of fused-ring (bicyclic) bond motifs is 1. The second-order valence-electron chi connectivity index (χ2n) is 8.25. The third-order valence-electron chi connectivity index (χ3n) is 6.08. The monoisotopic (exact) mass is 453 g/mol. The largest absolute Gasteiger partial charge is 0.494 e. The number of nitriles is 1. The van der Waals surface area contributed by atoms with Crippen molar-refractivity contribution in [3.05, 3.63) is 90.0 Å². The van der Waals surface area contributed by atoms with Gasteiger partial charge in [-0.3, -0.25) is 14.4 Å². The predicted octanol–water partition coefficient (Wildman–Crippen LogP) is 4.40. The van der Waals surface area contributed by atoms with Crippen LogP contribution >= 0.6 is 0 Å². The minimum absolute atomic E-state index is 0.315. The lowest BCUT2D eigenvalue weighted by atomic mass is 9.90. The molecule has 0 N–H and O–H groups in total. The van der Waals surface area contributed by atoms with E-state index in [0.717, 1.165) is 17.7 Å². The van der Waals surface area contributed by atoms with Crippen molar-refractivity contribution in [1.29, 1.82) is 5.26 Å². The molecule has 5 rings (SSSR count). The third-order valence-corrected chi connectivity index (χ3v) is 6.08. The summed E-state index contributed by atoms with van der Waals surface area (Å²) in [4.78, 5) is 34.4. The number of rotatable bonds is 6. The van der Waals surface area contributed by atoms with Gasteiger partial charge in [-0.2, -0.15) is 5.26 Å². The van der Waals surface area contributed by atoms with Crippen LogP contribution in [-0.2, 0) is 14.4 Å². The Hall–Kier alpha value is -4.15. The van der Waals surface area contributed by atoms with Crippen LogP contribution in [-0.4, -0.2) is 24.5 Å². The van der Waals surface area contributed by atoms with Gasteiger partial charge in [0.05, 0.1) is 35.7 Å². The highest BCUT2D eigenvalue weighted by Crippen LogP contribution is 2.47. The molecule has 2 saturated heterocycles. The average molecular weight is 453 g/mol. The van der Waals surface area contributed by atoms with Gasteiger partial charge in [0.1, 0.15) is 11.7 Å². The van der Waals surface area contributed by atoms with E-state index in [-0.39, 0.29) is 5.91 Å². The van der Waals surface area contributed by atoms with Crippen molar-refractivity contribution in [2.75, 3.05) is 16.6 Å². The molecule has 2 heterocycles. The number of nitrogens with zero attached hydrogens (tertiary/aromatic N) is 3. The quantitative estimate of drug-likeness (QED) is 0.515. The van der Waals surface area contributed by atoms with Crippen molar-refractivity contribution >= 4 is 23.2 Å². The third kappa shape index (κ3) is 3.68. The lowest BCUT2D eigenvalue weighted by Gasteiger charge is -2.28. The summed E-state index contributed by atoms with van der Waals surface area (Å²) in [7, 11) is 0. The summed E-state index contributed by atoms with van der Waals surface area (Å²) >= 11 is 0. The Labute approximate surface area is 197 Å². The molecule has 3 atom stereocenters. The van der Waals surface area contributed by atoms with Crippen LogP contribution < -0.4 is 14.7 Å². The fourth-order valence-corrected chi connectivity index (χ4v) is 4.47. The van der Waals surface area contributed by atoms with E-state index in [1.807, 2.05) is 49.4 Å². The molecular formula is C27H23N3O4. The summed E-state index contributed by atoms with van der Waals surface area (Å²) in [6.45, 7) is 2.62.